The first-order valence-electron chi connectivity index (χ1n) is 7.04. The molecule has 0 heterocycles. The van der Waals surface area contributed by atoms with Crippen LogP contribution in [0.3, 0.4) is 0 Å². The molecule has 0 unspecified atom stereocenters. The SMILES string of the molecule is CSCCCCCCNC(=O)c1cccc(/C(N)=N/O)c1. The largest absolute Gasteiger partial charge is 0.409 e. The van der Waals surface area contributed by atoms with Crippen LogP contribution in [0.1, 0.15) is 41.6 Å². The van der Waals surface area contributed by atoms with Crippen molar-refractivity contribution < 1.29 is 10.0 Å². The second-order valence-electron chi connectivity index (χ2n) is 4.73. The van der Waals surface area contributed by atoms with E-state index in [1.165, 1.54) is 18.6 Å². The number of unbranched alkanes of at least 4 members (excludes halogenated alkanes) is 3. The number of carbonyl (C=O) groups excluding carboxylic acids is 1. The first-order valence-corrected chi connectivity index (χ1v) is 8.43. The Labute approximate surface area is 130 Å². The van der Waals surface area contributed by atoms with E-state index in [0.29, 0.717) is 17.7 Å². The van der Waals surface area contributed by atoms with Gasteiger partial charge in [-0.05, 0) is 37.0 Å². The lowest BCUT2D eigenvalue weighted by Crippen LogP contribution is -2.25. The predicted molar refractivity (Wildman–Crippen MR) is 88.1 cm³/mol. The molecule has 0 aliphatic carbocycles. The number of hydrogen-bond donors (Lipinski definition) is 3. The number of amidine groups is 1. The smallest absolute Gasteiger partial charge is 0.251 e. The second kappa shape index (κ2) is 10.1. The van der Waals surface area contributed by atoms with E-state index in [0.717, 1.165) is 12.8 Å². The molecule has 1 rings (SSSR count). The molecule has 1 aromatic rings. The summed E-state index contributed by atoms with van der Waals surface area (Å²) in [6.07, 6.45) is 6.67. The molecule has 0 atom stereocenters. The first kappa shape index (κ1) is 17.4. The number of carbonyl (C=O) groups is 1. The van der Waals surface area contributed by atoms with Crippen LogP contribution in [0.5, 0.6) is 0 Å². The van der Waals surface area contributed by atoms with E-state index < -0.39 is 0 Å². The minimum absolute atomic E-state index is 0.00144. The molecule has 6 heteroatoms. The molecular formula is C15H23N3O2S. The summed E-state index contributed by atoms with van der Waals surface area (Å²) in [4.78, 5) is 12.0. The van der Waals surface area contributed by atoms with E-state index in [2.05, 4.69) is 16.7 Å². The third-order valence-corrected chi connectivity index (χ3v) is 3.79. The van der Waals surface area contributed by atoms with Gasteiger partial charge in [0.1, 0.15) is 0 Å². The van der Waals surface area contributed by atoms with Crippen LogP contribution in [0, 0.1) is 0 Å². The Bertz CT molecular complexity index is 478. The van der Waals surface area contributed by atoms with E-state index in [-0.39, 0.29) is 11.7 Å². The molecule has 5 nitrogen and oxygen atoms in total. The second-order valence-corrected chi connectivity index (χ2v) is 5.71. The highest BCUT2D eigenvalue weighted by molar-refractivity contribution is 7.98. The Hall–Kier alpha value is -1.69. The van der Waals surface area contributed by atoms with Crippen molar-refractivity contribution >= 4 is 23.5 Å². The molecule has 0 fully saturated rings. The third-order valence-electron chi connectivity index (χ3n) is 3.09. The minimum Gasteiger partial charge on any atom is -0.409 e. The van der Waals surface area contributed by atoms with Crippen LogP contribution in [0.25, 0.3) is 0 Å². The number of oxime groups is 1. The first-order chi connectivity index (χ1) is 10.2. The summed E-state index contributed by atoms with van der Waals surface area (Å²) in [7, 11) is 0. The molecule has 0 aliphatic rings. The molecule has 0 spiro atoms. The van der Waals surface area contributed by atoms with Crippen molar-refractivity contribution in [3.63, 3.8) is 0 Å². The zero-order chi connectivity index (χ0) is 15.5. The number of nitrogens with two attached hydrogens (primary N) is 1. The van der Waals surface area contributed by atoms with Crippen molar-refractivity contribution in [2.75, 3.05) is 18.6 Å². The Morgan fingerprint density at radius 2 is 2.00 bits per heavy atom. The van der Waals surface area contributed by atoms with Gasteiger partial charge in [-0.3, -0.25) is 4.79 Å². The van der Waals surface area contributed by atoms with Crippen molar-refractivity contribution in [1.29, 1.82) is 0 Å². The fraction of sp³-hybridized carbons (Fsp3) is 0.467. The van der Waals surface area contributed by atoms with E-state index in [1.54, 1.807) is 24.3 Å². The lowest BCUT2D eigenvalue weighted by Gasteiger charge is -2.06. The number of nitrogens with zero attached hydrogens (tertiary/aromatic N) is 1. The molecule has 0 bridgehead atoms. The highest BCUT2D eigenvalue weighted by atomic mass is 32.2. The number of hydrogen-bond acceptors (Lipinski definition) is 4. The highest BCUT2D eigenvalue weighted by Gasteiger charge is 2.07. The van der Waals surface area contributed by atoms with Crippen molar-refractivity contribution in [2.45, 2.75) is 25.7 Å². The van der Waals surface area contributed by atoms with Crippen LogP contribution in [0.4, 0.5) is 0 Å². The van der Waals surface area contributed by atoms with Gasteiger partial charge < -0.3 is 16.3 Å². The molecule has 1 amide bonds. The molecule has 0 radical (unpaired) electrons. The van der Waals surface area contributed by atoms with E-state index in [9.17, 15) is 4.79 Å². The quantitative estimate of drug-likeness (QED) is 0.215. The molecule has 1 aromatic carbocycles. The van der Waals surface area contributed by atoms with Gasteiger partial charge in [0.2, 0.25) is 0 Å². The number of rotatable bonds is 9. The lowest BCUT2D eigenvalue weighted by atomic mass is 10.1. The molecule has 116 valence electrons. The predicted octanol–water partition coefficient (Wildman–Crippen LogP) is 2.43. The molecule has 0 aromatic heterocycles. The number of thioether (sulfide) groups is 1. The van der Waals surface area contributed by atoms with Crippen molar-refractivity contribution in [2.24, 2.45) is 10.9 Å². The normalized spacial score (nSPS) is 11.4. The zero-order valence-electron chi connectivity index (χ0n) is 12.3. The van der Waals surface area contributed by atoms with E-state index in [1.807, 2.05) is 11.8 Å². The summed E-state index contributed by atoms with van der Waals surface area (Å²) in [5.74, 6) is 1.07. The molecule has 21 heavy (non-hydrogen) atoms. The van der Waals surface area contributed by atoms with Gasteiger partial charge in [0.15, 0.2) is 5.84 Å². The summed E-state index contributed by atoms with van der Waals surface area (Å²) in [6.45, 7) is 0.673. The van der Waals surface area contributed by atoms with Gasteiger partial charge in [0.25, 0.3) is 5.91 Å². The van der Waals surface area contributed by atoms with Gasteiger partial charge in [-0.2, -0.15) is 11.8 Å². The van der Waals surface area contributed by atoms with E-state index in [4.69, 9.17) is 10.9 Å². The van der Waals surface area contributed by atoms with Gasteiger partial charge >= 0.3 is 0 Å². The average Bonchev–Trinajstić information content (AvgIpc) is 2.53. The maximum atomic E-state index is 12.0. The standard InChI is InChI=1S/C15H23N3O2S/c1-21-10-5-3-2-4-9-17-15(19)13-8-6-7-12(11-13)14(16)18-20/h6-8,11,20H,2-5,9-10H2,1H3,(H2,16,18)(H,17,19). The van der Waals surface area contributed by atoms with Crippen LogP contribution in [0.2, 0.25) is 0 Å². The van der Waals surface area contributed by atoms with Crippen molar-refractivity contribution in [3.8, 4) is 0 Å². The van der Waals surface area contributed by atoms with Crippen LogP contribution >= 0.6 is 11.8 Å². The van der Waals surface area contributed by atoms with Gasteiger partial charge in [0.05, 0.1) is 0 Å². The number of amides is 1. The number of nitrogens with one attached hydrogen (secondary N) is 1. The van der Waals surface area contributed by atoms with Crippen LogP contribution in [-0.2, 0) is 0 Å². The fourth-order valence-electron chi connectivity index (χ4n) is 1.91. The Kier molecular flexibility index (Phi) is 8.35. The fourth-order valence-corrected chi connectivity index (χ4v) is 2.40. The van der Waals surface area contributed by atoms with Crippen LogP contribution in [-0.4, -0.2) is 35.5 Å². The van der Waals surface area contributed by atoms with E-state index >= 15 is 0 Å². The van der Waals surface area contributed by atoms with Crippen molar-refractivity contribution in [1.82, 2.24) is 5.32 Å². The average molecular weight is 309 g/mol. The summed E-state index contributed by atoms with van der Waals surface area (Å²) in [6, 6.07) is 6.73. The summed E-state index contributed by atoms with van der Waals surface area (Å²) >= 11 is 1.87. The Morgan fingerprint density at radius 1 is 1.29 bits per heavy atom. The Balaban J connectivity index is 2.35. The highest BCUT2D eigenvalue weighted by Crippen LogP contribution is 2.06. The molecule has 4 N–H and O–H groups in total. The monoisotopic (exact) mass is 309 g/mol. The topological polar surface area (TPSA) is 87.7 Å². The summed E-state index contributed by atoms with van der Waals surface area (Å²) in [5, 5.41) is 14.5. The maximum absolute atomic E-state index is 12.0. The van der Waals surface area contributed by atoms with Gasteiger partial charge in [-0.1, -0.05) is 30.1 Å². The number of benzene rings is 1. The van der Waals surface area contributed by atoms with Crippen molar-refractivity contribution in [3.05, 3.63) is 35.4 Å². The summed E-state index contributed by atoms with van der Waals surface area (Å²) in [5.41, 5.74) is 6.55. The Morgan fingerprint density at radius 3 is 2.71 bits per heavy atom. The zero-order valence-corrected chi connectivity index (χ0v) is 13.2. The van der Waals surface area contributed by atoms with Gasteiger partial charge in [-0.15, -0.1) is 0 Å². The van der Waals surface area contributed by atoms with Gasteiger partial charge in [-0.25, -0.2) is 0 Å². The lowest BCUT2D eigenvalue weighted by molar-refractivity contribution is 0.0953. The molecular weight excluding hydrogens is 286 g/mol. The molecule has 0 aliphatic heterocycles. The van der Waals surface area contributed by atoms with Crippen LogP contribution in [0.15, 0.2) is 29.4 Å². The molecule has 0 saturated heterocycles. The minimum atomic E-state index is -0.133. The van der Waals surface area contributed by atoms with Gasteiger partial charge in [0, 0.05) is 17.7 Å². The maximum Gasteiger partial charge on any atom is 0.251 e. The van der Waals surface area contributed by atoms with Crippen LogP contribution < -0.4 is 11.1 Å². The molecule has 0 saturated carbocycles. The summed E-state index contributed by atoms with van der Waals surface area (Å²) < 4.78 is 0. The third kappa shape index (κ3) is 6.53.